The quantitative estimate of drug-likeness (QED) is 0.730. The van der Waals surface area contributed by atoms with Gasteiger partial charge in [0.05, 0.1) is 6.10 Å². The molecule has 0 aromatic carbocycles. The van der Waals surface area contributed by atoms with Crippen LogP contribution in [-0.4, -0.2) is 29.3 Å². The van der Waals surface area contributed by atoms with E-state index in [1.165, 1.54) is 12.3 Å². The Kier molecular flexibility index (Phi) is 2.32. The fraction of sp³-hybridized carbons (Fsp3) is 0.583. The van der Waals surface area contributed by atoms with Gasteiger partial charge in [-0.05, 0) is 24.8 Å². The minimum absolute atomic E-state index is 0.165. The molecule has 16 heavy (non-hydrogen) atoms. The van der Waals surface area contributed by atoms with Gasteiger partial charge in [-0.15, -0.1) is 0 Å². The second-order valence-electron chi connectivity index (χ2n) is 4.81. The van der Waals surface area contributed by atoms with E-state index in [1.54, 1.807) is 0 Å². The topological polar surface area (TPSA) is 36.4 Å². The largest absolute Gasteiger partial charge is 0.393 e. The lowest BCUT2D eigenvalue weighted by Crippen LogP contribution is -2.24. The molecule has 1 aromatic rings. The number of hydrogen-bond acceptors (Lipinski definition) is 3. The summed E-state index contributed by atoms with van der Waals surface area (Å²) in [7, 11) is 0. The van der Waals surface area contributed by atoms with Gasteiger partial charge < -0.3 is 10.0 Å². The van der Waals surface area contributed by atoms with E-state index in [0.29, 0.717) is 11.8 Å². The summed E-state index contributed by atoms with van der Waals surface area (Å²) in [5, 5.41) is 9.81. The molecule has 0 bridgehead atoms. The number of hydrogen-bond donors (Lipinski definition) is 1. The van der Waals surface area contributed by atoms with Crippen LogP contribution in [0.25, 0.3) is 0 Å². The summed E-state index contributed by atoms with van der Waals surface area (Å²) >= 11 is 0. The van der Waals surface area contributed by atoms with Gasteiger partial charge in [0, 0.05) is 37.0 Å². The highest BCUT2D eigenvalue weighted by atomic mass is 19.1. The zero-order valence-electron chi connectivity index (χ0n) is 9.01. The summed E-state index contributed by atoms with van der Waals surface area (Å²) < 4.78 is 13.0. The normalized spacial score (nSPS) is 33.1. The summed E-state index contributed by atoms with van der Waals surface area (Å²) in [4.78, 5) is 5.71. The van der Waals surface area contributed by atoms with E-state index in [9.17, 15) is 9.50 Å². The first-order valence-electron chi connectivity index (χ1n) is 5.78. The van der Waals surface area contributed by atoms with Gasteiger partial charge in [0.15, 0.2) is 0 Å². The van der Waals surface area contributed by atoms with Crippen molar-refractivity contribution >= 4 is 5.69 Å². The van der Waals surface area contributed by atoms with Gasteiger partial charge in [-0.25, -0.2) is 4.98 Å². The molecule has 0 radical (unpaired) electrons. The Morgan fingerprint density at radius 2 is 2.25 bits per heavy atom. The summed E-state index contributed by atoms with van der Waals surface area (Å²) in [6.07, 6.45) is 3.35. The van der Waals surface area contributed by atoms with Crippen LogP contribution in [-0.2, 0) is 0 Å². The van der Waals surface area contributed by atoms with E-state index >= 15 is 0 Å². The number of halogens is 1. The predicted molar refractivity (Wildman–Crippen MR) is 58.6 cm³/mol. The number of pyridine rings is 1. The van der Waals surface area contributed by atoms with Gasteiger partial charge in [-0.2, -0.15) is 4.39 Å². The third kappa shape index (κ3) is 1.57. The van der Waals surface area contributed by atoms with Crippen molar-refractivity contribution < 1.29 is 9.50 Å². The van der Waals surface area contributed by atoms with Gasteiger partial charge in [-0.1, -0.05) is 0 Å². The second kappa shape index (κ2) is 3.70. The summed E-state index contributed by atoms with van der Waals surface area (Å²) in [5.41, 5.74) is 0.883. The van der Waals surface area contributed by atoms with Crippen molar-refractivity contribution in [3.63, 3.8) is 0 Å². The minimum Gasteiger partial charge on any atom is -0.393 e. The standard InChI is InChI=1S/C12H15FN2O/c13-12-5-9(3-4-14-12)15-6-8-1-2-11(16)10(8)7-15/h3-5,8,10-11,16H,1-2,6-7H2. The van der Waals surface area contributed by atoms with Crippen molar-refractivity contribution in [3.8, 4) is 0 Å². The molecule has 0 spiro atoms. The molecule has 2 heterocycles. The molecule has 1 aliphatic carbocycles. The molecule has 1 aliphatic heterocycles. The molecule has 1 saturated heterocycles. The first kappa shape index (κ1) is 10.0. The van der Waals surface area contributed by atoms with Crippen LogP contribution in [0.15, 0.2) is 18.3 Å². The van der Waals surface area contributed by atoms with E-state index in [2.05, 4.69) is 9.88 Å². The van der Waals surface area contributed by atoms with Crippen LogP contribution in [0.2, 0.25) is 0 Å². The summed E-state index contributed by atoms with van der Waals surface area (Å²) in [6.45, 7) is 1.78. The minimum atomic E-state index is -0.435. The molecule has 1 saturated carbocycles. The maximum absolute atomic E-state index is 13.0. The zero-order chi connectivity index (χ0) is 11.1. The van der Waals surface area contributed by atoms with Crippen LogP contribution in [0.1, 0.15) is 12.8 Å². The summed E-state index contributed by atoms with van der Waals surface area (Å²) in [6, 6.07) is 3.30. The highest BCUT2D eigenvalue weighted by Gasteiger charge is 2.41. The van der Waals surface area contributed by atoms with Gasteiger partial charge in [0.25, 0.3) is 0 Å². The maximum Gasteiger partial charge on any atom is 0.214 e. The molecular formula is C12H15FN2O. The van der Waals surface area contributed by atoms with Crippen LogP contribution in [0.4, 0.5) is 10.1 Å². The fourth-order valence-electron chi connectivity index (χ4n) is 3.04. The Morgan fingerprint density at radius 3 is 3.00 bits per heavy atom. The Labute approximate surface area is 93.9 Å². The number of aliphatic hydroxyl groups is 1. The van der Waals surface area contributed by atoms with Crippen molar-refractivity contribution in [2.75, 3.05) is 18.0 Å². The number of rotatable bonds is 1. The molecule has 3 nitrogen and oxygen atoms in total. The average molecular weight is 222 g/mol. The van der Waals surface area contributed by atoms with Crippen LogP contribution >= 0.6 is 0 Å². The van der Waals surface area contributed by atoms with Crippen molar-refractivity contribution in [2.45, 2.75) is 18.9 Å². The van der Waals surface area contributed by atoms with Crippen LogP contribution in [0.5, 0.6) is 0 Å². The second-order valence-corrected chi connectivity index (χ2v) is 4.81. The van der Waals surface area contributed by atoms with Crippen molar-refractivity contribution in [2.24, 2.45) is 11.8 Å². The van der Waals surface area contributed by atoms with Crippen molar-refractivity contribution in [1.29, 1.82) is 0 Å². The highest BCUT2D eigenvalue weighted by Crippen LogP contribution is 2.39. The number of aromatic nitrogens is 1. The Balaban J connectivity index is 1.79. The molecule has 0 amide bonds. The van der Waals surface area contributed by atoms with E-state index in [0.717, 1.165) is 31.6 Å². The number of aliphatic hydroxyl groups excluding tert-OH is 1. The Bertz CT molecular complexity index is 398. The van der Waals surface area contributed by atoms with Gasteiger partial charge in [-0.3, -0.25) is 0 Å². The van der Waals surface area contributed by atoms with E-state index < -0.39 is 5.95 Å². The third-order valence-corrected chi connectivity index (χ3v) is 3.89. The van der Waals surface area contributed by atoms with Crippen LogP contribution in [0.3, 0.4) is 0 Å². The molecule has 3 unspecified atom stereocenters. The van der Waals surface area contributed by atoms with E-state index in [-0.39, 0.29) is 6.10 Å². The molecular weight excluding hydrogens is 207 g/mol. The fourth-order valence-corrected chi connectivity index (χ4v) is 3.04. The number of nitrogens with zero attached hydrogens (tertiary/aromatic N) is 2. The lowest BCUT2D eigenvalue weighted by Gasteiger charge is -2.20. The van der Waals surface area contributed by atoms with E-state index in [4.69, 9.17) is 0 Å². The lowest BCUT2D eigenvalue weighted by atomic mass is 10.00. The molecule has 2 aliphatic rings. The zero-order valence-corrected chi connectivity index (χ0v) is 9.01. The maximum atomic E-state index is 13.0. The van der Waals surface area contributed by atoms with Gasteiger partial charge >= 0.3 is 0 Å². The SMILES string of the molecule is OC1CCC2CN(c3ccnc(F)c3)CC12. The average Bonchev–Trinajstić information content (AvgIpc) is 2.81. The van der Waals surface area contributed by atoms with Crippen LogP contribution < -0.4 is 4.90 Å². The lowest BCUT2D eigenvalue weighted by molar-refractivity contribution is 0.133. The van der Waals surface area contributed by atoms with Gasteiger partial charge in [0.2, 0.25) is 5.95 Å². The molecule has 86 valence electrons. The van der Waals surface area contributed by atoms with Crippen LogP contribution in [0, 0.1) is 17.8 Å². The highest BCUT2D eigenvalue weighted by molar-refractivity contribution is 5.46. The number of anilines is 1. The number of fused-ring (bicyclic) bond motifs is 1. The van der Waals surface area contributed by atoms with Crippen molar-refractivity contribution in [1.82, 2.24) is 4.98 Å². The first-order valence-corrected chi connectivity index (χ1v) is 5.78. The monoisotopic (exact) mass is 222 g/mol. The van der Waals surface area contributed by atoms with Crippen molar-refractivity contribution in [3.05, 3.63) is 24.3 Å². The van der Waals surface area contributed by atoms with Gasteiger partial charge in [0.1, 0.15) is 0 Å². The first-order chi connectivity index (χ1) is 7.74. The molecule has 4 heteroatoms. The Hall–Kier alpha value is -1.16. The molecule has 1 N–H and O–H groups in total. The smallest absolute Gasteiger partial charge is 0.214 e. The summed E-state index contributed by atoms with van der Waals surface area (Å²) in [5.74, 6) is 0.512. The van der Waals surface area contributed by atoms with E-state index in [1.807, 2.05) is 6.07 Å². The molecule has 3 atom stereocenters. The predicted octanol–water partition coefficient (Wildman–Crippen LogP) is 1.43. The third-order valence-electron chi connectivity index (χ3n) is 3.89. The molecule has 3 rings (SSSR count). The molecule has 1 aromatic heterocycles. The Morgan fingerprint density at radius 1 is 1.38 bits per heavy atom. The molecule has 2 fully saturated rings.